The highest BCUT2D eigenvalue weighted by molar-refractivity contribution is 5.97. The fraction of sp³-hybridized carbons (Fsp3) is 0.333. The molecule has 0 saturated carbocycles. The molecule has 3 aromatic rings. The fourth-order valence-corrected chi connectivity index (χ4v) is 3.49. The normalized spacial score (nSPS) is 17.8. The highest BCUT2D eigenvalue weighted by Gasteiger charge is 2.26. The molecule has 1 aliphatic rings. The van der Waals surface area contributed by atoms with Crippen LogP contribution in [0.4, 0.5) is 0 Å². The molecule has 1 aromatic carbocycles. The molecule has 128 valence electrons. The van der Waals surface area contributed by atoms with Crippen molar-refractivity contribution in [2.75, 3.05) is 13.1 Å². The Kier molecular flexibility index (Phi) is 3.83. The van der Waals surface area contributed by atoms with Gasteiger partial charge in [-0.1, -0.05) is 0 Å². The van der Waals surface area contributed by atoms with Crippen molar-refractivity contribution in [2.24, 2.45) is 0 Å². The number of rotatable bonds is 2. The SMILES string of the molecule is Cc1nc2ccc(C(=O)N3CCC[C@@H](c4ccnc(=O)[nH]4)C3)cc2[nH]1. The topological polar surface area (TPSA) is 94.7 Å². The Morgan fingerprint density at radius 2 is 2.16 bits per heavy atom. The first-order valence-corrected chi connectivity index (χ1v) is 8.41. The number of hydrogen-bond acceptors (Lipinski definition) is 4. The van der Waals surface area contributed by atoms with E-state index in [1.54, 1.807) is 0 Å². The van der Waals surface area contributed by atoms with Crippen molar-refractivity contribution in [2.45, 2.75) is 25.7 Å². The van der Waals surface area contributed by atoms with E-state index in [0.717, 1.165) is 41.9 Å². The maximum atomic E-state index is 12.9. The number of aromatic amines is 2. The lowest BCUT2D eigenvalue weighted by Gasteiger charge is -2.32. The molecule has 0 unspecified atom stereocenters. The van der Waals surface area contributed by atoms with Crippen LogP contribution >= 0.6 is 0 Å². The number of fused-ring (bicyclic) bond motifs is 1. The van der Waals surface area contributed by atoms with E-state index in [4.69, 9.17) is 0 Å². The van der Waals surface area contributed by atoms with Crippen LogP contribution in [0, 0.1) is 6.92 Å². The predicted molar refractivity (Wildman–Crippen MR) is 93.6 cm³/mol. The Morgan fingerprint density at radius 3 is 3.00 bits per heavy atom. The van der Waals surface area contributed by atoms with Crippen molar-refractivity contribution < 1.29 is 4.79 Å². The summed E-state index contributed by atoms with van der Waals surface area (Å²) in [5, 5.41) is 0. The molecule has 7 heteroatoms. The maximum absolute atomic E-state index is 12.9. The summed E-state index contributed by atoms with van der Waals surface area (Å²) in [6.07, 6.45) is 3.37. The largest absolute Gasteiger partial charge is 0.345 e. The summed E-state index contributed by atoms with van der Waals surface area (Å²) in [6.45, 7) is 3.22. The second-order valence-corrected chi connectivity index (χ2v) is 6.47. The number of amides is 1. The Hall–Kier alpha value is -2.96. The number of piperidine rings is 1. The second-order valence-electron chi connectivity index (χ2n) is 6.47. The monoisotopic (exact) mass is 337 g/mol. The van der Waals surface area contributed by atoms with Crippen LogP contribution < -0.4 is 5.69 Å². The van der Waals surface area contributed by atoms with Gasteiger partial charge in [0.15, 0.2) is 0 Å². The van der Waals surface area contributed by atoms with Gasteiger partial charge in [-0.15, -0.1) is 0 Å². The first-order chi connectivity index (χ1) is 12.1. The summed E-state index contributed by atoms with van der Waals surface area (Å²) in [4.78, 5) is 40.2. The van der Waals surface area contributed by atoms with Gasteiger partial charge in [-0.3, -0.25) is 4.79 Å². The van der Waals surface area contributed by atoms with E-state index in [2.05, 4.69) is 19.9 Å². The quantitative estimate of drug-likeness (QED) is 0.747. The summed E-state index contributed by atoms with van der Waals surface area (Å²) < 4.78 is 0. The maximum Gasteiger partial charge on any atom is 0.345 e. The minimum Gasteiger partial charge on any atom is -0.342 e. The van der Waals surface area contributed by atoms with Crippen LogP contribution in [0.1, 0.15) is 40.6 Å². The van der Waals surface area contributed by atoms with E-state index in [9.17, 15) is 9.59 Å². The number of aromatic nitrogens is 4. The molecule has 1 atom stereocenters. The van der Waals surface area contributed by atoms with Crippen molar-refractivity contribution in [3.05, 3.63) is 58.0 Å². The van der Waals surface area contributed by atoms with Gasteiger partial charge >= 0.3 is 5.69 Å². The number of nitrogens with zero attached hydrogens (tertiary/aromatic N) is 3. The van der Waals surface area contributed by atoms with E-state index in [-0.39, 0.29) is 17.5 Å². The Labute approximate surface area is 144 Å². The van der Waals surface area contributed by atoms with Crippen molar-refractivity contribution in [1.82, 2.24) is 24.8 Å². The molecular weight excluding hydrogens is 318 g/mol. The number of benzene rings is 1. The van der Waals surface area contributed by atoms with Gasteiger partial charge in [0.2, 0.25) is 0 Å². The van der Waals surface area contributed by atoms with Gasteiger partial charge < -0.3 is 14.9 Å². The molecule has 0 bridgehead atoms. The van der Waals surface area contributed by atoms with Crippen LogP contribution in [-0.2, 0) is 0 Å². The van der Waals surface area contributed by atoms with Crippen molar-refractivity contribution in [3.8, 4) is 0 Å². The summed E-state index contributed by atoms with van der Waals surface area (Å²) in [5.41, 5.74) is 2.88. The highest BCUT2D eigenvalue weighted by atomic mass is 16.2. The summed E-state index contributed by atoms with van der Waals surface area (Å²) in [6, 6.07) is 7.37. The lowest BCUT2D eigenvalue weighted by Crippen LogP contribution is -2.39. The predicted octanol–water partition coefficient (Wildman–Crippen LogP) is 1.97. The van der Waals surface area contributed by atoms with Gasteiger partial charge in [0.05, 0.1) is 11.0 Å². The lowest BCUT2D eigenvalue weighted by atomic mass is 9.94. The third kappa shape index (κ3) is 3.05. The molecule has 25 heavy (non-hydrogen) atoms. The summed E-state index contributed by atoms with van der Waals surface area (Å²) in [7, 11) is 0. The van der Waals surface area contributed by atoms with Gasteiger partial charge in [0, 0.05) is 36.5 Å². The Balaban J connectivity index is 1.57. The molecule has 7 nitrogen and oxygen atoms in total. The molecule has 2 aromatic heterocycles. The third-order valence-electron chi connectivity index (χ3n) is 4.69. The van der Waals surface area contributed by atoms with E-state index in [1.165, 1.54) is 6.20 Å². The van der Waals surface area contributed by atoms with E-state index in [1.807, 2.05) is 36.1 Å². The van der Waals surface area contributed by atoms with Crippen molar-refractivity contribution >= 4 is 16.9 Å². The smallest absolute Gasteiger partial charge is 0.342 e. The molecular formula is C18H19N5O2. The van der Waals surface area contributed by atoms with Crippen LogP contribution in [0.15, 0.2) is 35.3 Å². The van der Waals surface area contributed by atoms with E-state index < -0.39 is 0 Å². The molecule has 0 aliphatic carbocycles. The average Bonchev–Trinajstić information content (AvgIpc) is 3.00. The number of carbonyl (C=O) groups is 1. The fourth-order valence-electron chi connectivity index (χ4n) is 3.49. The number of H-pyrrole nitrogens is 2. The zero-order chi connectivity index (χ0) is 17.4. The van der Waals surface area contributed by atoms with Crippen LogP contribution in [0.25, 0.3) is 11.0 Å². The van der Waals surface area contributed by atoms with Gasteiger partial charge in [0.1, 0.15) is 5.82 Å². The molecule has 4 rings (SSSR count). The van der Waals surface area contributed by atoms with Crippen molar-refractivity contribution in [3.63, 3.8) is 0 Å². The van der Waals surface area contributed by atoms with Crippen LogP contribution in [-0.4, -0.2) is 43.8 Å². The summed E-state index contributed by atoms with van der Waals surface area (Å²) >= 11 is 0. The van der Waals surface area contributed by atoms with Crippen LogP contribution in [0.3, 0.4) is 0 Å². The molecule has 2 N–H and O–H groups in total. The molecule has 1 saturated heterocycles. The zero-order valence-corrected chi connectivity index (χ0v) is 14.0. The molecule has 0 radical (unpaired) electrons. The van der Waals surface area contributed by atoms with E-state index >= 15 is 0 Å². The number of likely N-dealkylation sites (tertiary alicyclic amines) is 1. The number of nitrogens with one attached hydrogen (secondary N) is 2. The Morgan fingerprint density at radius 1 is 1.28 bits per heavy atom. The van der Waals surface area contributed by atoms with Crippen LogP contribution in [0.2, 0.25) is 0 Å². The van der Waals surface area contributed by atoms with Gasteiger partial charge in [-0.25, -0.2) is 14.8 Å². The van der Waals surface area contributed by atoms with Gasteiger partial charge in [-0.05, 0) is 44.0 Å². The number of imidazole rings is 1. The standard InChI is InChI=1S/C18H19N5O2/c1-11-20-15-5-4-12(9-16(15)21-11)17(24)23-8-2-3-13(10-23)14-6-7-19-18(25)22-14/h4-7,9,13H,2-3,8,10H2,1H3,(H,20,21)(H,19,22,25)/t13-/m1/s1. The minimum atomic E-state index is -0.346. The molecule has 1 amide bonds. The first kappa shape index (κ1) is 15.6. The molecule has 1 fully saturated rings. The molecule has 3 heterocycles. The second kappa shape index (κ2) is 6.16. The molecule has 0 spiro atoms. The van der Waals surface area contributed by atoms with E-state index in [0.29, 0.717) is 12.1 Å². The van der Waals surface area contributed by atoms with Gasteiger partial charge in [0.25, 0.3) is 5.91 Å². The Bertz CT molecular complexity index is 990. The number of hydrogen-bond donors (Lipinski definition) is 2. The summed E-state index contributed by atoms with van der Waals surface area (Å²) in [5.74, 6) is 0.973. The lowest BCUT2D eigenvalue weighted by molar-refractivity contribution is 0.0706. The first-order valence-electron chi connectivity index (χ1n) is 8.41. The van der Waals surface area contributed by atoms with Gasteiger partial charge in [-0.2, -0.15) is 0 Å². The minimum absolute atomic E-state index is 0.00950. The number of aryl methyl sites for hydroxylation is 1. The zero-order valence-electron chi connectivity index (χ0n) is 14.0. The molecule has 1 aliphatic heterocycles. The highest BCUT2D eigenvalue weighted by Crippen LogP contribution is 2.26. The average molecular weight is 337 g/mol. The van der Waals surface area contributed by atoms with Crippen molar-refractivity contribution in [1.29, 1.82) is 0 Å². The number of carbonyl (C=O) groups excluding carboxylic acids is 1. The third-order valence-corrected chi connectivity index (χ3v) is 4.69. The van der Waals surface area contributed by atoms with Crippen LogP contribution in [0.5, 0.6) is 0 Å².